The van der Waals surface area contributed by atoms with Gasteiger partial charge in [0.25, 0.3) is 5.89 Å². The van der Waals surface area contributed by atoms with Gasteiger partial charge in [-0.1, -0.05) is 65.3 Å². The van der Waals surface area contributed by atoms with Crippen LogP contribution in [0.5, 0.6) is 0 Å². The fourth-order valence-corrected chi connectivity index (χ4v) is 5.55. The lowest BCUT2D eigenvalue weighted by Gasteiger charge is -2.37. The number of rotatable bonds is 4. The molecule has 1 unspecified atom stereocenters. The Balaban J connectivity index is 1.49. The maximum Gasteiger partial charge on any atom is 0.258 e. The number of allylic oxidation sites excluding steroid dienone is 1. The van der Waals surface area contributed by atoms with Crippen LogP contribution < -0.4 is 10.2 Å². The average molecular weight is 499 g/mol. The Labute approximate surface area is 214 Å². The summed E-state index contributed by atoms with van der Waals surface area (Å²) in [6.07, 6.45) is 3.45. The van der Waals surface area contributed by atoms with Crippen LogP contribution in [0.2, 0.25) is 5.02 Å². The lowest BCUT2D eigenvalue weighted by atomic mass is 9.94. The Morgan fingerprint density at radius 1 is 1.00 bits per heavy atom. The minimum Gasteiger partial charge on any atom is -0.351 e. The number of anilines is 1. The van der Waals surface area contributed by atoms with Crippen molar-refractivity contribution >= 4 is 40.2 Å². The molecule has 0 saturated heterocycles. The van der Waals surface area contributed by atoms with Gasteiger partial charge in [-0.25, -0.2) is 0 Å². The van der Waals surface area contributed by atoms with Crippen LogP contribution >= 0.6 is 23.8 Å². The molecule has 1 aliphatic heterocycles. The number of aryl methyl sites for hydroxylation is 2. The topological polar surface area (TPSA) is 54.2 Å². The van der Waals surface area contributed by atoms with Gasteiger partial charge < -0.3 is 9.84 Å². The maximum absolute atomic E-state index is 6.19. The highest BCUT2D eigenvalue weighted by Crippen LogP contribution is 2.40. The van der Waals surface area contributed by atoms with E-state index in [-0.39, 0.29) is 6.04 Å². The number of halogens is 1. The molecule has 6 rings (SSSR count). The molecule has 2 aliphatic rings. The molecule has 0 radical (unpaired) electrons. The summed E-state index contributed by atoms with van der Waals surface area (Å²) in [5, 5.41) is 9.08. The van der Waals surface area contributed by atoms with E-state index in [4.69, 9.17) is 33.3 Å². The van der Waals surface area contributed by atoms with E-state index in [0.29, 0.717) is 21.9 Å². The Hall–Kier alpha value is -3.48. The summed E-state index contributed by atoms with van der Waals surface area (Å²) in [4.78, 5) is 6.85. The number of hydrogen-bond acceptors (Lipinski definition) is 4. The van der Waals surface area contributed by atoms with Crippen molar-refractivity contribution in [2.45, 2.75) is 32.2 Å². The zero-order valence-corrected chi connectivity index (χ0v) is 20.7. The second kappa shape index (κ2) is 8.95. The van der Waals surface area contributed by atoms with Crippen molar-refractivity contribution in [1.82, 2.24) is 15.5 Å². The molecule has 1 aliphatic carbocycles. The van der Waals surface area contributed by atoms with Crippen molar-refractivity contribution in [1.29, 1.82) is 0 Å². The van der Waals surface area contributed by atoms with Gasteiger partial charge >= 0.3 is 0 Å². The number of thiocarbonyl (C=S) groups is 1. The molecule has 0 bridgehead atoms. The standard InChI is InChI=1S/C28H23ClN4OS/c1-17-24(27-31-26(32-34-27)21-11-6-12-22(29)15-21)25(19-7-3-2-4-8-19)30-28(35)33(17)23-14-13-18-9-5-10-20(18)16-23/h2-4,6-8,11-16,25H,5,9-10H2,1H3,(H,30,35). The molecule has 0 fully saturated rings. The first-order valence-electron chi connectivity index (χ1n) is 11.7. The van der Waals surface area contributed by atoms with Crippen LogP contribution in [0.3, 0.4) is 0 Å². The van der Waals surface area contributed by atoms with Gasteiger partial charge in [0.15, 0.2) is 5.11 Å². The second-order valence-corrected chi connectivity index (χ2v) is 9.69. The van der Waals surface area contributed by atoms with Crippen LogP contribution in [0.1, 0.15) is 42.0 Å². The van der Waals surface area contributed by atoms with Crippen LogP contribution in [0.15, 0.2) is 83.0 Å². The molecule has 5 nitrogen and oxygen atoms in total. The zero-order chi connectivity index (χ0) is 23.9. The van der Waals surface area contributed by atoms with Crippen molar-refractivity contribution in [3.05, 3.63) is 106 Å². The highest BCUT2D eigenvalue weighted by molar-refractivity contribution is 7.80. The van der Waals surface area contributed by atoms with Crippen molar-refractivity contribution in [2.75, 3.05) is 4.90 Å². The van der Waals surface area contributed by atoms with Gasteiger partial charge in [0, 0.05) is 22.0 Å². The van der Waals surface area contributed by atoms with Crippen molar-refractivity contribution < 1.29 is 4.52 Å². The molecule has 1 N–H and O–H groups in total. The fraction of sp³-hybridized carbons (Fsp3) is 0.179. The van der Waals surface area contributed by atoms with E-state index in [1.807, 2.05) is 42.5 Å². The Morgan fingerprint density at radius 2 is 1.83 bits per heavy atom. The molecule has 0 saturated carbocycles. The Bertz CT molecular complexity index is 1460. The van der Waals surface area contributed by atoms with Gasteiger partial charge in [-0.05, 0) is 79.4 Å². The third-order valence-electron chi connectivity index (χ3n) is 6.70. The van der Waals surface area contributed by atoms with E-state index in [2.05, 4.69) is 52.6 Å². The average Bonchev–Trinajstić information content (AvgIpc) is 3.54. The lowest BCUT2D eigenvalue weighted by Crippen LogP contribution is -2.46. The predicted molar refractivity (Wildman–Crippen MR) is 143 cm³/mol. The van der Waals surface area contributed by atoms with Crippen molar-refractivity contribution in [2.24, 2.45) is 0 Å². The highest BCUT2D eigenvalue weighted by Gasteiger charge is 2.35. The van der Waals surface area contributed by atoms with Gasteiger partial charge in [0.2, 0.25) is 5.82 Å². The molecule has 2 heterocycles. The molecule has 7 heteroatoms. The molecule has 1 atom stereocenters. The van der Waals surface area contributed by atoms with Gasteiger partial charge in [0.05, 0.1) is 11.6 Å². The molecule has 1 aromatic heterocycles. The van der Waals surface area contributed by atoms with Gasteiger partial charge in [0.1, 0.15) is 0 Å². The number of nitrogens with one attached hydrogen (secondary N) is 1. The van der Waals surface area contributed by atoms with Gasteiger partial charge in [-0.2, -0.15) is 4.98 Å². The SMILES string of the molecule is CC1=C(c2nc(-c3cccc(Cl)c3)no2)C(c2ccccc2)NC(=S)N1c1ccc2c(c1)CCC2. The van der Waals surface area contributed by atoms with Crippen molar-refractivity contribution in [3.8, 4) is 11.4 Å². The molecule has 174 valence electrons. The molecule has 0 amide bonds. The van der Waals surface area contributed by atoms with E-state index in [9.17, 15) is 0 Å². The number of nitrogens with zero attached hydrogens (tertiary/aromatic N) is 3. The zero-order valence-electron chi connectivity index (χ0n) is 19.2. The van der Waals surface area contributed by atoms with Crippen LogP contribution in [-0.2, 0) is 12.8 Å². The van der Waals surface area contributed by atoms with Gasteiger partial charge in [-0.15, -0.1) is 0 Å². The number of fused-ring (bicyclic) bond motifs is 1. The van der Waals surface area contributed by atoms with Crippen LogP contribution in [0.4, 0.5) is 5.69 Å². The molecule has 4 aromatic rings. The largest absolute Gasteiger partial charge is 0.351 e. The summed E-state index contributed by atoms with van der Waals surface area (Å²) in [5.74, 6) is 0.944. The van der Waals surface area contributed by atoms with E-state index < -0.39 is 0 Å². The molecule has 35 heavy (non-hydrogen) atoms. The first kappa shape index (κ1) is 22.0. The summed E-state index contributed by atoms with van der Waals surface area (Å²) < 4.78 is 5.84. The Morgan fingerprint density at radius 3 is 2.66 bits per heavy atom. The second-order valence-electron chi connectivity index (χ2n) is 8.87. The normalized spacial score (nSPS) is 17.5. The molecule has 0 spiro atoms. The van der Waals surface area contributed by atoms with E-state index in [0.717, 1.165) is 40.9 Å². The first-order chi connectivity index (χ1) is 17.1. The lowest BCUT2D eigenvalue weighted by molar-refractivity contribution is 0.404. The Kier molecular flexibility index (Phi) is 5.63. The van der Waals surface area contributed by atoms with Gasteiger partial charge in [-0.3, -0.25) is 4.90 Å². The van der Waals surface area contributed by atoms with Crippen LogP contribution in [0.25, 0.3) is 17.0 Å². The minimum atomic E-state index is -0.220. The molecular formula is C28H23ClN4OS. The van der Waals surface area contributed by atoms with Crippen LogP contribution in [0, 0.1) is 0 Å². The summed E-state index contributed by atoms with van der Waals surface area (Å²) in [7, 11) is 0. The van der Waals surface area contributed by atoms with E-state index in [1.54, 1.807) is 0 Å². The molecule has 3 aromatic carbocycles. The smallest absolute Gasteiger partial charge is 0.258 e. The third-order valence-corrected chi connectivity index (χ3v) is 7.23. The summed E-state index contributed by atoms with van der Waals surface area (Å²) in [6, 6.07) is 24.0. The summed E-state index contributed by atoms with van der Waals surface area (Å²) in [6.45, 7) is 2.06. The minimum absolute atomic E-state index is 0.220. The highest BCUT2D eigenvalue weighted by atomic mass is 35.5. The first-order valence-corrected chi connectivity index (χ1v) is 12.5. The maximum atomic E-state index is 6.19. The summed E-state index contributed by atoms with van der Waals surface area (Å²) >= 11 is 12.1. The quantitative estimate of drug-likeness (QED) is 0.314. The third kappa shape index (κ3) is 4.03. The predicted octanol–water partition coefficient (Wildman–Crippen LogP) is 6.75. The monoisotopic (exact) mass is 498 g/mol. The fourth-order valence-electron chi connectivity index (χ4n) is 5.00. The number of aromatic nitrogens is 2. The molecular weight excluding hydrogens is 476 g/mol. The number of hydrogen-bond donors (Lipinski definition) is 1. The summed E-state index contributed by atoms with van der Waals surface area (Å²) in [5.41, 5.74) is 7.59. The van der Waals surface area contributed by atoms with Crippen LogP contribution in [-0.4, -0.2) is 15.3 Å². The van der Waals surface area contributed by atoms with E-state index in [1.165, 1.54) is 17.5 Å². The van der Waals surface area contributed by atoms with E-state index >= 15 is 0 Å². The number of benzene rings is 3. The van der Waals surface area contributed by atoms with Crippen molar-refractivity contribution in [3.63, 3.8) is 0 Å².